The van der Waals surface area contributed by atoms with Crippen LogP contribution in [0.3, 0.4) is 0 Å². The number of benzene rings is 2. The Morgan fingerprint density at radius 3 is 2.19 bits per heavy atom. The quantitative estimate of drug-likeness (QED) is 0.315. The summed E-state index contributed by atoms with van der Waals surface area (Å²) >= 11 is 0. The van der Waals surface area contributed by atoms with Crippen molar-refractivity contribution in [3.8, 4) is 0 Å². The van der Waals surface area contributed by atoms with E-state index in [1.165, 1.54) is 5.56 Å². The fourth-order valence-electron chi connectivity index (χ4n) is 3.44. The number of nitrogens with zero attached hydrogens (tertiary/aromatic N) is 2. The molecule has 0 saturated heterocycles. The first kappa shape index (κ1) is 24.9. The summed E-state index contributed by atoms with van der Waals surface area (Å²) in [6.07, 6.45) is 0. The molecule has 1 atom stereocenters. The van der Waals surface area contributed by atoms with Crippen LogP contribution in [0.15, 0.2) is 59.6 Å². The van der Waals surface area contributed by atoms with Gasteiger partial charge in [0.05, 0.1) is 12.6 Å². The van der Waals surface area contributed by atoms with Gasteiger partial charge in [0.15, 0.2) is 5.96 Å². The van der Waals surface area contributed by atoms with Crippen LogP contribution < -0.4 is 21.7 Å². The van der Waals surface area contributed by atoms with Gasteiger partial charge in [-0.3, -0.25) is 19.5 Å². The highest BCUT2D eigenvalue weighted by Gasteiger charge is 2.18. The lowest BCUT2D eigenvalue weighted by atomic mass is 10.1. The van der Waals surface area contributed by atoms with Gasteiger partial charge in [-0.2, -0.15) is 0 Å². The van der Waals surface area contributed by atoms with Crippen molar-refractivity contribution in [2.75, 3.05) is 33.2 Å². The number of aliphatic imine (C=N–C) groups is 1. The van der Waals surface area contributed by atoms with E-state index in [-0.39, 0.29) is 18.5 Å². The van der Waals surface area contributed by atoms with Gasteiger partial charge in [-0.1, -0.05) is 56.3 Å². The molecule has 0 fully saturated rings. The second kappa shape index (κ2) is 13.1. The molecule has 0 bridgehead atoms. The maximum absolute atomic E-state index is 12.0. The zero-order valence-corrected chi connectivity index (χ0v) is 19.1. The number of nitrogens with one attached hydrogen (secondary N) is 3. The van der Waals surface area contributed by atoms with Gasteiger partial charge in [-0.05, 0) is 36.3 Å². The van der Waals surface area contributed by atoms with Crippen LogP contribution in [0.25, 0.3) is 0 Å². The third-order valence-corrected chi connectivity index (χ3v) is 5.22. The molecular weight excluding hydrogens is 404 g/mol. The molecule has 1 unspecified atom stereocenters. The third kappa shape index (κ3) is 7.70. The van der Waals surface area contributed by atoms with E-state index in [1.807, 2.05) is 18.2 Å². The summed E-state index contributed by atoms with van der Waals surface area (Å²) < 4.78 is 0. The molecule has 0 spiro atoms. The van der Waals surface area contributed by atoms with Crippen molar-refractivity contribution in [1.82, 2.24) is 20.9 Å². The van der Waals surface area contributed by atoms with Crippen LogP contribution in [0.5, 0.6) is 0 Å². The van der Waals surface area contributed by atoms with E-state index in [0.29, 0.717) is 18.1 Å². The molecule has 2 aromatic carbocycles. The Morgan fingerprint density at radius 1 is 0.969 bits per heavy atom. The molecule has 0 aliphatic carbocycles. The van der Waals surface area contributed by atoms with Crippen LogP contribution in [-0.2, 0) is 11.3 Å². The zero-order valence-electron chi connectivity index (χ0n) is 19.1. The SMILES string of the molecule is CCN(CC)C(CNC(=NC)NCc1ccc(C(=O)NCC(N)=O)cc1)c1ccccc1. The van der Waals surface area contributed by atoms with Crippen LogP contribution in [-0.4, -0.2) is 55.9 Å². The highest BCUT2D eigenvalue weighted by atomic mass is 16.2. The number of primary amides is 1. The molecule has 8 nitrogen and oxygen atoms in total. The highest BCUT2D eigenvalue weighted by molar-refractivity contribution is 5.96. The maximum atomic E-state index is 12.0. The van der Waals surface area contributed by atoms with Crippen molar-refractivity contribution < 1.29 is 9.59 Å². The molecule has 0 heterocycles. The molecule has 172 valence electrons. The molecular formula is C24H34N6O2. The Kier molecular flexibility index (Phi) is 10.2. The summed E-state index contributed by atoms with van der Waals surface area (Å²) in [7, 11) is 1.75. The standard InChI is InChI=1S/C24H34N6O2/c1-4-30(5-2)21(19-9-7-6-8-10-19)16-29-24(26-3)28-15-18-11-13-20(14-12-18)23(32)27-17-22(25)31/h6-14,21H,4-5,15-17H2,1-3H3,(H2,25,31)(H,27,32)(H2,26,28,29). The first-order valence-electron chi connectivity index (χ1n) is 10.9. The summed E-state index contributed by atoms with van der Waals surface area (Å²) in [6.45, 7) is 7.37. The number of likely N-dealkylation sites (N-methyl/N-ethyl adjacent to an activating group) is 1. The highest BCUT2D eigenvalue weighted by Crippen LogP contribution is 2.19. The fourth-order valence-corrected chi connectivity index (χ4v) is 3.44. The number of carbonyl (C=O) groups is 2. The second-order valence-electron chi connectivity index (χ2n) is 7.30. The summed E-state index contributed by atoms with van der Waals surface area (Å²) in [6, 6.07) is 17.9. The number of hydrogen-bond donors (Lipinski definition) is 4. The van der Waals surface area contributed by atoms with Gasteiger partial charge in [0.25, 0.3) is 5.91 Å². The number of hydrogen-bond acceptors (Lipinski definition) is 4. The predicted molar refractivity (Wildman–Crippen MR) is 128 cm³/mol. The van der Waals surface area contributed by atoms with Crippen molar-refractivity contribution >= 4 is 17.8 Å². The van der Waals surface area contributed by atoms with Gasteiger partial charge < -0.3 is 21.7 Å². The lowest BCUT2D eigenvalue weighted by molar-refractivity contribution is -0.117. The van der Waals surface area contributed by atoms with Gasteiger partial charge >= 0.3 is 0 Å². The molecule has 32 heavy (non-hydrogen) atoms. The van der Waals surface area contributed by atoms with Crippen LogP contribution in [0.4, 0.5) is 0 Å². The zero-order chi connectivity index (χ0) is 23.3. The average Bonchev–Trinajstić information content (AvgIpc) is 2.82. The van der Waals surface area contributed by atoms with Crippen molar-refractivity contribution in [3.05, 3.63) is 71.3 Å². The van der Waals surface area contributed by atoms with E-state index in [4.69, 9.17) is 5.73 Å². The van der Waals surface area contributed by atoms with Crippen LogP contribution in [0, 0.1) is 0 Å². The molecule has 2 rings (SSSR count). The van der Waals surface area contributed by atoms with Crippen LogP contribution in [0.1, 0.15) is 41.4 Å². The monoisotopic (exact) mass is 438 g/mol. The third-order valence-electron chi connectivity index (χ3n) is 5.22. The average molecular weight is 439 g/mol. The first-order valence-corrected chi connectivity index (χ1v) is 10.9. The Bertz CT molecular complexity index is 879. The van der Waals surface area contributed by atoms with Crippen LogP contribution in [0.2, 0.25) is 0 Å². The van der Waals surface area contributed by atoms with Crippen molar-refractivity contribution in [2.45, 2.75) is 26.4 Å². The van der Waals surface area contributed by atoms with Crippen molar-refractivity contribution in [1.29, 1.82) is 0 Å². The lowest BCUT2D eigenvalue weighted by Crippen LogP contribution is -2.43. The topological polar surface area (TPSA) is 112 Å². The first-order chi connectivity index (χ1) is 15.5. The molecule has 2 amide bonds. The van der Waals surface area contributed by atoms with E-state index in [9.17, 15) is 9.59 Å². The Morgan fingerprint density at radius 2 is 1.62 bits per heavy atom. The Hall–Kier alpha value is -3.39. The Balaban J connectivity index is 1.93. The number of amides is 2. The van der Waals surface area contributed by atoms with Gasteiger partial charge in [0.1, 0.15) is 0 Å². The fraction of sp³-hybridized carbons (Fsp3) is 0.375. The van der Waals surface area contributed by atoms with Crippen molar-refractivity contribution in [2.24, 2.45) is 10.7 Å². The summed E-state index contributed by atoms with van der Waals surface area (Å²) in [5.41, 5.74) is 7.80. The van der Waals surface area contributed by atoms with Gasteiger partial charge in [-0.15, -0.1) is 0 Å². The maximum Gasteiger partial charge on any atom is 0.251 e. The molecule has 8 heteroatoms. The summed E-state index contributed by atoms with van der Waals surface area (Å²) in [4.78, 5) is 29.5. The smallest absolute Gasteiger partial charge is 0.251 e. The minimum Gasteiger partial charge on any atom is -0.368 e. The minimum absolute atomic E-state index is 0.179. The lowest BCUT2D eigenvalue weighted by Gasteiger charge is -2.30. The summed E-state index contributed by atoms with van der Waals surface area (Å²) in [5.74, 6) is -0.195. The molecule has 0 aromatic heterocycles. The number of carbonyl (C=O) groups excluding carboxylic acids is 2. The van der Waals surface area contributed by atoms with Gasteiger partial charge in [0, 0.05) is 25.7 Å². The largest absolute Gasteiger partial charge is 0.368 e. The molecule has 0 saturated carbocycles. The second-order valence-corrected chi connectivity index (χ2v) is 7.30. The number of rotatable bonds is 11. The van der Waals surface area contributed by atoms with Crippen molar-refractivity contribution in [3.63, 3.8) is 0 Å². The van der Waals surface area contributed by atoms with Crippen LogP contribution >= 0.6 is 0 Å². The molecule has 0 aliphatic rings. The molecule has 0 aliphatic heterocycles. The van der Waals surface area contributed by atoms with E-state index >= 15 is 0 Å². The number of guanidine groups is 1. The van der Waals surface area contributed by atoms with E-state index < -0.39 is 5.91 Å². The molecule has 0 radical (unpaired) electrons. The van der Waals surface area contributed by atoms with E-state index in [2.05, 4.69) is 64.0 Å². The predicted octanol–water partition coefficient (Wildman–Crippen LogP) is 1.65. The summed E-state index contributed by atoms with van der Waals surface area (Å²) in [5, 5.41) is 9.22. The minimum atomic E-state index is -0.575. The number of nitrogens with two attached hydrogens (primary N) is 1. The molecule has 2 aromatic rings. The van der Waals surface area contributed by atoms with E-state index in [0.717, 1.165) is 25.2 Å². The van der Waals surface area contributed by atoms with Gasteiger partial charge in [0.2, 0.25) is 5.91 Å². The normalized spacial score (nSPS) is 12.3. The Labute approximate surface area is 190 Å². The van der Waals surface area contributed by atoms with E-state index in [1.54, 1.807) is 19.2 Å². The van der Waals surface area contributed by atoms with Gasteiger partial charge in [-0.25, -0.2) is 0 Å². The molecule has 5 N–H and O–H groups in total.